The second-order valence-electron chi connectivity index (χ2n) is 6.66. The smallest absolute Gasteiger partial charge is 0.336 e. The van der Waals surface area contributed by atoms with Crippen molar-refractivity contribution in [2.45, 2.75) is 13.8 Å². The van der Waals surface area contributed by atoms with Gasteiger partial charge in [-0.2, -0.15) is 0 Å². The topological polar surface area (TPSA) is 186 Å². The Morgan fingerprint density at radius 3 is 1.25 bits per heavy atom. The molecule has 1 aromatic carbocycles. The molecule has 0 aliphatic carbocycles. The van der Waals surface area contributed by atoms with Gasteiger partial charge in [-0.15, -0.1) is 0 Å². The van der Waals surface area contributed by atoms with Crippen LogP contribution in [0.25, 0.3) is 0 Å². The first-order valence-corrected chi connectivity index (χ1v) is 10.6. The van der Waals surface area contributed by atoms with E-state index < -0.39 is 23.9 Å². The number of carboxylic acids is 2. The van der Waals surface area contributed by atoms with E-state index in [1.54, 1.807) is 13.8 Å². The van der Waals surface area contributed by atoms with Crippen molar-refractivity contribution in [3.8, 4) is 0 Å². The molecule has 0 atom stereocenters. The number of esters is 2. The summed E-state index contributed by atoms with van der Waals surface area (Å²) in [5.41, 5.74) is 0.365. The van der Waals surface area contributed by atoms with Gasteiger partial charge in [0.25, 0.3) is 0 Å². The SMILES string of the molecule is C=C(C)C(=O)OCCOCCO.C=C(C)C(=O)OCCOCCO.O=C(O)c1ccccc1C(=O)O. The van der Waals surface area contributed by atoms with Crippen molar-refractivity contribution in [2.24, 2.45) is 0 Å². The number of carbonyl (C=O) groups is 4. The molecule has 0 radical (unpaired) electrons. The van der Waals surface area contributed by atoms with E-state index >= 15 is 0 Å². The van der Waals surface area contributed by atoms with Crippen LogP contribution in [0, 0.1) is 0 Å². The van der Waals surface area contributed by atoms with E-state index in [0.29, 0.717) is 24.4 Å². The first-order valence-electron chi connectivity index (χ1n) is 10.6. The van der Waals surface area contributed by atoms with Crippen LogP contribution in [0.3, 0.4) is 0 Å². The molecule has 12 heteroatoms. The number of carbonyl (C=O) groups excluding carboxylic acids is 2. The molecule has 202 valence electrons. The number of ether oxygens (including phenoxy) is 4. The fraction of sp³-hybridized carbons (Fsp3) is 0.417. The lowest BCUT2D eigenvalue weighted by molar-refractivity contribution is -0.141. The Balaban J connectivity index is 0. The highest BCUT2D eigenvalue weighted by atomic mass is 16.6. The quantitative estimate of drug-likeness (QED) is 0.159. The largest absolute Gasteiger partial charge is 0.478 e. The highest BCUT2D eigenvalue weighted by Gasteiger charge is 2.13. The number of carboxylic acid groups (broad SMARTS) is 2. The van der Waals surface area contributed by atoms with Gasteiger partial charge < -0.3 is 39.4 Å². The monoisotopic (exact) mass is 514 g/mol. The molecule has 0 aliphatic rings. The molecule has 0 aromatic heterocycles. The zero-order valence-electron chi connectivity index (χ0n) is 20.4. The van der Waals surface area contributed by atoms with Crippen LogP contribution in [0.5, 0.6) is 0 Å². The summed E-state index contributed by atoms with van der Waals surface area (Å²) in [6.45, 7) is 11.5. The summed E-state index contributed by atoms with van der Waals surface area (Å²) < 4.78 is 19.1. The Labute approximate surface area is 209 Å². The number of aliphatic hydroxyl groups excluding tert-OH is 2. The van der Waals surface area contributed by atoms with E-state index in [4.69, 9.17) is 39.4 Å². The van der Waals surface area contributed by atoms with Crippen molar-refractivity contribution in [1.29, 1.82) is 0 Å². The Morgan fingerprint density at radius 1 is 0.667 bits per heavy atom. The van der Waals surface area contributed by atoms with E-state index in [0.717, 1.165) is 0 Å². The average molecular weight is 515 g/mol. The molecule has 0 fully saturated rings. The van der Waals surface area contributed by atoms with Gasteiger partial charge in [-0.1, -0.05) is 25.3 Å². The van der Waals surface area contributed by atoms with Crippen molar-refractivity contribution >= 4 is 23.9 Å². The minimum absolute atomic E-state index is 0.0194. The molecule has 0 saturated carbocycles. The summed E-state index contributed by atoms with van der Waals surface area (Å²) in [4.78, 5) is 42.4. The fourth-order valence-corrected chi connectivity index (χ4v) is 1.82. The van der Waals surface area contributed by atoms with Gasteiger partial charge in [-0.25, -0.2) is 19.2 Å². The molecule has 0 saturated heterocycles. The van der Waals surface area contributed by atoms with E-state index in [1.807, 2.05) is 0 Å². The molecule has 0 heterocycles. The van der Waals surface area contributed by atoms with Crippen molar-refractivity contribution in [2.75, 3.05) is 52.9 Å². The Hall–Kier alpha value is -3.58. The van der Waals surface area contributed by atoms with E-state index in [9.17, 15) is 19.2 Å². The third-order valence-electron chi connectivity index (χ3n) is 3.48. The second-order valence-corrected chi connectivity index (χ2v) is 6.66. The first kappa shape index (κ1) is 34.6. The maximum absolute atomic E-state index is 10.7. The van der Waals surface area contributed by atoms with E-state index in [1.165, 1.54) is 24.3 Å². The molecule has 0 spiro atoms. The van der Waals surface area contributed by atoms with E-state index in [-0.39, 0.29) is 50.8 Å². The lowest BCUT2D eigenvalue weighted by Crippen LogP contribution is -2.12. The molecule has 0 bridgehead atoms. The average Bonchev–Trinajstić information content (AvgIpc) is 2.84. The minimum atomic E-state index is -1.23. The Morgan fingerprint density at radius 2 is 1.00 bits per heavy atom. The molecule has 4 N–H and O–H groups in total. The van der Waals surface area contributed by atoms with E-state index in [2.05, 4.69) is 13.2 Å². The molecule has 1 rings (SSSR count). The van der Waals surface area contributed by atoms with Crippen LogP contribution in [-0.4, -0.2) is 97.2 Å². The summed E-state index contributed by atoms with van der Waals surface area (Å²) in [6, 6.07) is 5.48. The lowest BCUT2D eigenvalue weighted by Gasteiger charge is -2.03. The number of aromatic carboxylic acids is 2. The number of hydrogen-bond acceptors (Lipinski definition) is 10. The van der Waals surface area contributed by atoms with Gasteiger partial charge in [0.2, 0.25) is 0 Å². The zero-order valence-corrected chi connectivity index (χ0v) is 20.4. The van der Waals surface area contributed by atoms with Crippen LogP contribution in [0.2, 0.25) is 0 Å². The van der Waals surface area contributed by atoms with Crippen molar-refractivity contribution in [1.82, 2.24) is 0 Å². The van der Waals surface area contributed by atoms with Gasteiger partial charge in [0.15, 0.2) is 0 Å². The number of hydrogen-bond donors (Lipinski definition) is 4. The predicted molar refractivity (Wildman–Crippen MR) is 128 cm³/mol. The summed E-state index contributed by atoms with van der Waals surface area (Å²) in [5, 5.41) is 33.7. The maximum atomic E-state index is 10.7. The fourth-order valence-electron chi connectivity index (χ4n) is 1.82. The van der Waals surface area contributed by atoms with Crippen molar-refractivity contribution in [3.63, 3.8) is 0 Å². The molecular formula is C24H34O12. The molecule has 0 aliphatic heterocycles. The molecule has 12 nitrogen and oxygen atoms in total. The maximum Gasteiger partial charge on any atom is 0.336 e. The van der Waals surface area contributed by atoms with Gasteiger partial charge in [0.1, 0.15) is 13.2 Å². The third kappa shape index (κ3) is 18.8. The highest BCUT2D eigenvalue weighted by molar-refractivity contribution is 6.01. The molecule has 0 unspecified atom stereocenters. The number of rotatable bonds is 14. The van der Waals surface area contributed by atoms with Gasteiger partial charge in [0.05, 0.1) is 50.8 Å². The van der Waals surface area contributed by atoms with Crippen LogP contribution in [0.1, 0.15) is 34.6 Å². The van der Waals surface area contributed by atoms with Gasteiger partial charge in [-0.3, -0.25) is 0 Å². The van der Waals surface area contributed by atoms with Crippen LogP contribution < -0.4 is 0 Å². The molecular weight excluding hydrogens is 480 g/mol. The standard InChI is InChI=1S/C8H6O4.2C8H14O4/c9-7(10)5-3-1-2-4-6(5)8(11)12;2*1-7(2)8(10)12-6-5-11-4-3-9/h1-4H,(H,9,10)(H,11,12);2*9H,1,3-6H2,2H3. The summed E-state index contributed by atoms with van der Waals surface area (Å²) in [7, 11) is 0. The van der Waals surface area contributed by atoms with Crippen LogP contribution >= 0.6 is 0 Å². The Bertz CT molecular complexity index is 778. The summed E-state index contributed by atoms with van der Waals surface area (Å²) in [6.07, 6.45) is 0. The first-order chi connectivity index (χ1) is 17.0. The zero-order chi connectivity index (χ0) is 27.9. The summed E-state index contributed by atoms with van der Waals surface area (Å²) in [5.74, 6) is -3.29. The van der Waals surface area contributed by atoms with Gasteiger partial charge in [-0.05, 0) is 26.0 Å². The van der Waals surface area contributed by atoms with Crippen molar-refractivity contribution < 1.29 is 58.6 Å². The van der Waals surface area contributed by atoms with Crippen LogP contribution in [0.4, 0.5) is 0 Å². The minimum Gasteiger partial charge on any atom is -0.478 e. The Kier molecular flexibility index (Phi) is 21.1. The molecule has 0 amide bonds. The van der Waals surface area contributed by atoms with Crippen LogP contribution in [0.15, 0.2) is 48.6 Å². The third-order valence-corrected chi connectivity index (χ3v) is 3.48. The summed E-state index contributed by atoms with van der Waals surface area (Å²) >= 11 is 0. The van der Waals surface area contributed by atoms with Gasteiger partial charge >= 0.3 is 23.9 Å². The highest BCUT2D eigenvalue weighted by Crippen LogP contribution is 2.07. The molecule has 1 aromatic rings. The van der Waals surface area contributed by atoms with Crippen LogP contribution in [-0.2, 0) is 28.5 Å². The predicted octanol–water partition coefficient (Wildman–Crippen LogP) is 1.31. The lowest BCUT2D eigenvalue weighted by atomic mass is 10.1. The second kappa shape index (κ2) is 21.9. The van der Waals surface area contributed by atoms with Crippen molar-refractivity contribution in [3.05, 3.63) is 59.7 Å². The normalized spacial score (nSPS) is 9.44. The number of benzene rings is 1. The number of aliphatic hydroxyl groups is 2. The molecule has 36 heavy (non-hydrogen) atoms. The van der Waals surface area contributed by atoms with Gasteiger partial charge in [0, 0.05) is 11.1 Å².